The van der Waals surface area contributed by atoms with Crippen LogP contribution in [0.2, 0.25) is 0 Å². The number of rotatable bonds is 37. The van der Waals surface area contributed by atoms with Gasteiger partial charge in [-0.1, -0.05) is 12.1 Å². The molecule has 0 heterocycles. The molecule has 0 aliphatic heterocycles. The molecule has 0 atom stereocenters. The zero-order chi connectivity index (χ0) is 78.5. The van der Waals surface area contributed by atoms with Crippen molar-refractivity contribution in [2.45, 2.75) is 132 Å². The number of amides is 5. The molecule has 29 heteroatoms. The Balaban J connectivity index is 1.46. The lowest BCUT2D eigenvalue weighted by Gasteiger charge is -2.22. The highest BCUT2D eigenvalue weighted by Crippen LogP contribution is 2.42. The van der Waals surface area contributed by atoms with Crippen LogP contribution in [0.5, 0.6) is 63.2 Å². The highest BCUT2D eigenvalue weighted by Gasteiger charge is 2.30. The molecule has 0 aliphatic carbocycles. The molecule has 0 unspecified atom stereocenters. The number of nitro benzene ring substituents is 1. The minimum Gasteiger partial charge on any atom is -0.496 e. The first-order valence-electron chi connectivity index (χ1n) is 34.1. The van der Waals surface area contributed by atoms with Gasteiger partial charge in [-0.15, -0.1) is 0 Å². The standard InChI is InChI=1S/C77H102N6O23/c1-73(2,3)102-31-26-97-57-25-23-22-24-51(57)78-68(84)46-36-52(63(94-19)41-58(46)91-16)79-70(86)48-38-54(65(100-29-34-105-76(10,11)12)44-61(48)98-27-32-103-74(4,5)6)81-69(85)47-37-53(64(95-20)42-59(47)92-17)80-71(87)49-39-55(82-72(88)50-40-56(83(89)90)67(96-21)43-60(50)93-18)66(101-30-35-106-77(13,14)15)45-62(49)99-28-33-104-75(7,8)9/h22-25,36-45H,26-35H2,1-21H3,(H,78,84)(H,79,86)(H,80,87)(H,81,85)(H,82,88). The first-order chi connectivity index (χ1) is 49.8. The van der Waals surface area contributed by atoms with Crippen molar-refractivity contribution in [2.75, 3.05) is 135 Å². The molecule has 0 saturated carbocycles. The third-order valence-corrected chi connectivity index (χ3v) is 14.6. The number of benzene rings is 6. The van der Waals surface area contributed by atoms with E-state index in [1.54, 1.807) is 24.3 Å². The van der Waals surface area contributed by atoms with Crippen LogP contribution in [-0.4, -0.2) is 171 Å². The summed E-state index contributed by atoms with van der Waals surface area (Å²) in [5.41, 5.74) is -3.91. The molecule has 0 bridgehead atoms. The number of hydrogen-bond acceptors (Lipinski definition) is 23. The average Bonchev–Trinajstić information content (AvgIpc) is 0.795. The molecule has 0 radical (unpaired) electrons. The maximum atomic E-state index is 15.3. The molecule has 6 aromatic carbocycles. The average molecular weight is 1480 g/mol. The molecule has 0 fully saturated rings. The van der Waals surface area contributed by atoms with Gasteiger partial charge in [-0.25, -0.2) is 0 Å². The van der Waals surface area contributed by atoms with E-state index < -0.39 is 68.2 Å². The molecule has 0 saturated heterocycles. The molecule has 106 heavy (non-hydrogen) atoms. The van der Waals surface area contributed by atoms with Crippen LogP contribution in [0.1, 0.15) is 156 Å². The number of carbonyl (C=O) groups is 5. The summed E-state index contributed by atoms with van der Waals surface area (Å²) >= 11 is 0. The molecule has 578 valence electrons. The van der Waals surface area contributed by atoms with Crippen molar-refractivity contribution in [3.63, 3.8) is 0 Å². The van der Waals surface area contributed by atoms with Gasteiger partial charge in [-0.2, -0.15) is 0 Å². The van der Waals surface area contributed by atoms with Gasteiger partial charge in [0.05, 0.1) is 165 Å². The molecular weight excluding hydrogens is 1380 g/mol. The lowest BCUT2D eigenvalue weighted by Crippen LogP contribution is -2.24. The molecule has 0 aliphatic rings. The molecule has 6 rings (SSSR count). The summed E-state index contributed by atoms with van der Waals surface area (Å²) < 4.78 is 94.7. The second kappa shape index (κ2) is 37.6. The van der Waals surface area contributed by atoms with E-state index in [1.807, 2.05) is 104 Å². The van der Waals surface area contributed by atoms with Crippen LogP contribution < -0.4 is 78.7 Å². The summed E-state index contributed by atoms with van der Waals surface area (Å²) in [5, 5.41) is 26.4. The van der Waals surface area contributed by atoms with E-state index in [9.17, 15) is 19.7 Å². The van der Waals surface area contributed by atoms with Gasteiger partial charge in [0.2, 0.25) is 5.75 Å². The quantitative estimate of drug-likeness (QED) is 0.0137. The maximum absolute atomic E-state index is 15.3. The predicted molar refractivity (Wildman–Crippen MR) is 400 cm³/mol. The predicted octanol–water partition coefficient (Wildman–Crippen LogP) is 13.9. The Labute approximate surface area is 619 Å². The molecular formula is C77H102N6O23. The fourth-order valence-corrected chi connectivity index (χ4v) is 9.84. The number of para-hydroxylation sites is 2. The minimum atomic E-state index is -0.909. The van der Waals surface area contributed by atoms with Gasteiger partial charge in [-0.05, 0) is 140 Å². The maximum Gasteiger partial charge on any atom is 0.311 e. The first kappa shape index (κ1) is 84.6. The van der Waals surface area contributed by atoms with Crippen LogP contribution >= 0.6 is 0 Å². The normalized spacial score (nSPS) is 11.7. The van der Waals surface area contributed by atoms with Crippen molar-refractivity contribution in [1.82, 2.24) is 0 Å². The first-order valence-corrected chi connectivity index (χ1v) is 34.1. The summed E-state index contributed by atoms with van der Waals surface area (Å²) in [6.07, 6.45) is 0. The van der Waals surface area contributed by atoms with Crippen LogP contribution in [-0.2, 0) is 23.7 Å². The van der Waals surface area contributed by atoms with Crippen molar-refractivity contribution >= 4 is 63.7 Å². The van der Waals surface area contributed by atoms with Gasteiger partial charge in [-0.3, -0.25) is 34.1 Å². The van der Waals surface area contributed by atoms with Gasteiger partial charge in [0, 0.05) is 36.4 Å². The van der Waals surface area contributed by atoms with E-state index in [0.717, 1.165) is 6.07 Å². The van der Waals surface area contributed by atoms with Crippen LogP contribution in [0, 0.1) is 10.1 Å². The Morgan fingerprint density at radius 3 is 0.821 bits per heavy atom. The van der Waals surface area contributed by atoms with E-state index in [4.69, 9.17) is 75.8 Å². The molecule has 5 amide bonds. The fraction of sp³-hybridized carbons (Fsp3) is 0.468. The van der Waals surface area contributed by atoms with Crippen molar-refractivity contribution in [2.24, 2.45) is 0 Å². The number of nitrogens with one attached hydrogen (secondary N) is 5. The molecule has 5 N–H and O–H groups in total. The van der Waals surface area contributed by atoms with E-state index >= 15 is 14.4 Å². The molecule has 6 aromatic rings. The minimum absolute atomic E-state index is 0.00508. The van der Waals surface area contributed by atoms with Gasteiger partial charge in [0.1, 0.15) is 90.5 Å². The van der Waals surface area contributed by atoms with Crippen molar-refractivity contribution in [3.8, 4) is 63.2 Å². The molecule has 0 spiro atoms. The zero-order valence-electron chi connectivity index (χ0n) is 64.5. The third-order valence-electron chi connectivity index (χ3n) is 14.6. The van der Waals surface area contributed by atoms with E-state index in [1.165, 1.54) is 97.3 Å². The highest BCUT2D eigenvalue weighted by molar-refractivity contribution is 6.14. The number of anilines is 5. The monoisotopic (exact) mass is 1480 g/mol. The van der Waals surface area contributed by atoms with Gasteiger partial charge in [0.15, 0.2) is 0 Å². The zero-order valence-corrected chi connectivity index (χ0v) is 64.5. The number of nitrogens with zero attached hydrogens (tertiary/aromatic N) is 1. The summed E-state index contributed by atoms with van der Waals surface area (Å²) in [7, 11) is 7.89. The lowest BCUT2D eigenvalue weighted by molar-refractivity contribution is -0.385. The molecule has 0 aromatic heterocycles. The van der Waals surface area contributed by atoms with Gasteiger partial charge >= 0.3 is 5.69 Å². The van der Waals surface area contributed by atoms with E-state index in [0.29, 0.717) is 11.4 Å². The molecule has 29 nitrogen and oxygen atoms in total. The van der Waals surface area contributed by atoms with E-state index in [2.05, 4.69) is 26.6 Å². The Kier molecular flexibility index (Phi) is 30.0. The van der Waals surface area contributed by atoms with Crippen molar-refractivity contribution in [3.05, 3.63) is 123 Å². The Hall–Kier alpha value is -10.3. The van der Waals surface area contributed by atoms with Crippen LogP contribution in [0.25, 0.3) is 0 Å². The number of hydrogen-bond donors (Lipinski definition) is 5. The topological polar surface area (TPSA) is 336 Å². The van der Waals surface area contributed by atoms with Crippen molar-refractivity contribution in [1.29, 1.82) is 0 Å². The number of carbonyl (C=O) groups excluding carboxylic acids is 5. The number of nitro groups is 1. The van der Waals surface area contributed by atoms with Crippen LogP contribution in [0.4, 0.5) is 34.1 Å². The summed E-state index contributed by atoms with van der Waals surface area (Å²) in [6, 6.07) is 19.9. The smallest absolute Gasteiger partial charge is 0.311 e. The Bertz CT molecular complexity index is 4050. The fourth-order valence-electron chi connectivity index (χ4n) is 9.84. The van der Waals surface area contributed by atoms with Gasteiger partial charge < -0.3 is 102 Å². The van der Waals surface area contributed by atoms with Crippen LogP contribution in [0.3, 0.4) is 0 Å². The van der Waals surface area contributed by atoms with Gasteiger partial charge in [0.25, 0.3) is 29.5 Å². The number of methoxy groups -OCH3 is 6. The van der Waals surface area contributed by atoms with E-state index in [-0.39, 0.29) is 174 Å². The Morgan fingerprint density at radius 2 is 0.528 bits per heavy atom. The second-order valence-corrected chi connectivity index (χ2v) is 28.5. The lowest BCUT2D eigenvalue weighted by atomic mass is 10.1. The Morgan fingerprint density at radius 1 is 0.292 bits per heavy atom. The third kappa shape index (κ3) is 25.8. The SMILES string of the molecule is COc1cc(OC)c(C(=O)Nc2ccccc2OCCOC(C)(C)C)cc1NC(=O)c1cc(NC(=O)c2cc(NC(=O)c3cc(NC(=O)c4cc([N+](=O)[O-])c(OC)cc4OC)c(OCCOC(C)(C)C)cc3OCCOC(C)(C)C)c(OC)cc2OC)c(OCCOC(C)(C)C)cc1OCCOC(C)(C)C. The highest BCUT2D eigenvalue weighted by atomic mass is 16.6. The van der Waals surface area contributed by atoms with Crippen molar-refractivity contribution < 1.29 is 105 Å². The summed E-state index contributed by atoms with van der Waals surface area (Å²) in [4.78, 5) is 85.9. The second-order valence-electron chi connectivity index (χ2n) is 28.5. The number of ether oxygens (including phenoxy) is 16. The largest absolute Gasteiger partial charge is 0.496 e. The summed E-state index contributed by atoms with van der Waals surface area (Å²) in [5.74, 6) is -3.88. The summed E-state index contributed by atoms with van der Waals surface area (Å²) in [6.45, 7) is 28.7. The van der Waals surface area contributed by atoms with Crippen LogP contribution in [0.15, 0.2) is 84.9 Å².